The molecule has 0 aliphatic carbocycles. The lowest BCUT2D eigenvalue weighted by Gasteiger charge is -2.33. The number of piperazine rings is 1. The molecule has 3 aromatic rings. The molecule has 5 rings (SSSR count). The van der Waals surface area contributed by atoms with Crippen LogP contribution in [0.15, 0.2) is 42.6 Å². The van der Waals surface area contributed by atoms with Crippen molar-refractivity contribution in [2.24, 2.45) is 0 Å². The number of likely N-dealkylation sites (N-methyl/N-ethyl adjacent to an activating group) is 1. The molecule has 1 amide bonds. The highest BCUT2D eigenvalue weighted by atomic mass is 35.5. The second kappa shape index (κ2) is 12.4. The van der Waals surface area contributed by atoms with Gasteiger partial charge in [-0.15, -0.1) is 0 Å². The smallest absolute Gasteiger partial charge is 0.214 e. The van der Waals surface area contributed by atoms with Gasteiger partial charge in [0.2, 0.25) is 6.41 Å². The lowest BCUT2D eigenvalue weighted by atomic mass is 9.97. The number of anilines is 3. The minimum Gasteiger partial charge on any atom is -0.507 e. The Kier molecular flexibility index (Phi) is 8.73. The highest BCUT2D eigenvalue weighted by molar-refractivity contribution is 6.34. The van der Waals surface area contributed by atoms with Gasteiger partial charge in [-0.1, -0.05) is 17.7 Å². The van der Waals surface area contributed by atoms with Crippen molar-refractivity contribution >= 4 is 35.2 Å². The Morgan fingerprint density at radius 2 is 1.70 bits per heavy atom. The van der Waals surface area contributed by atoms with E-state index in [0.29, 0.717) is 46.1 Å². The molecule has 212 valence electrons. The molecule has 0 unspecified atom stereocenters. The largest absolute Gasteiger partial charge is 0.507 e. The Bertz CT molecular complexity index is 1360. The zero-order valence-electron chi connectivity index (χ0n) is 23.0. The van der Waals surface area contributed by atoms with E-state index in [1.165, 1.54) is 17.0 Å². The monoisotopic (exact) mass is 566 g/mol. The molecule has 0 spiro atoms. The molecule has 2 saturated heterocycles. The summed E-state index contributed by atoms with van der Waals surface area (Å²) in [7, 11) is 3.86. The third-order valence-electron chi connectivity index (χ3n) is 7.58. The number of aromatic hydroxyl groups is 1. The van der Waals surface area contributed by atoms with Gasteiger partial charge < -0.3 is 30.0 Å². The van der Waals surface area contributed by atoms with E-state index in [1.54, 1.807) is 24.4 Å². The first-order valence-electron chi connectivity index (χ1n) is 13.8. The maximum atomic E-state index is 15.0. The third-order valence-corrected chi connectivity index (χ3v) is 7.88. The van der Waals surface area contributed by atoms with Crippen molar-refractivity contribution in [1.29, 1.82) is 0 Å². The van der Waals surface area contributed by atoms with Crippen LogP contribution in [-0.4, -0.2) is 87.9 Å². The molecule has 0 atom stereocenters. The van der Waals surface area contributed by atoms with Crippen LogP contribution in [0.1, 0.15) is 12.8 Å². The average Bonchev–Trinajstić information content (AvgIpc) is 3.50. The van der Waals surface area contributed by atoms with E-state index in [9.17, 15) is 9.90 Å². The molecule has 1 aromatic heterocycles. The zero-order chi connectivity index (χ0) is 28.2. The summed E-state index contributed by atoms with van der Waals surface area (Å²) in [6, 6.07) is 9.79. The summed E-state index contributed by atoms with van der Waals surface area (Å²) in [6.07, 6.45) is 4.75. The van der Waals surface area contributed by atoms with Gasteiger partial charge in [0.15, 0.2) is 5.82 Å². The van der Waals surface area contributed by atoms with E-state index in [1.807, 2.05) is 25.1 Å². The standard InChI is InChI=1S/C30H36ClFN6O2/c1-35(2)13-14-38(20-39)27-6-5-21(15-26(27)31)24-17-23(32)18-25(29(24)40)22-16-28(36-11-7-33-8-12-36)30(34-19-22)37-9-3-4-10-37/h5-6,15-20,33,40H,3-4,7-14H2,1-2H3. The molecule has 2 aromatic carbocycles. The minimum atomic E-state index is -0.476. The first-order valence-corrected chi connectivity index (χ1v) is 14.1. The van der Waals surface area contributed by atoms with Crippen molar-refractivity contribution < 1.29 is 14.3 Å². The Morgan fingerprint density at radius 1 is 1.00 bits per heavy atom. The third kappa shape index (κ3) is 6.01. The van der Waals surface area contributed by atoms with Gasteiger partial charge in [-0.25, -0.2) is 9.37 Å². The highest BCUT2D eigenvalue weighted by Crippen LogP contribution is 2.43. The molecule has 2 N–H and O–H groups in total. The van der Waals surface area contributed by atoms with E-state index < -0.39 is 5.82 Å². The van der Waals surface area contributed by atoms with Crippen LogP contribution in [0.2, 0.25) is 5.02 Å². The lowest BCUT2D eigenvalue weighted by Crippen LogP contribution is -2.44. The SMILES string of the molecule is CN(C)CCN(C=O)c1ccc(-c2cc(F)cc(-c3cnc(N4CCCC4)c(N4CCNCC4)c3)c2O)cc1Cl. The summed E-state index contributed by atoms with van der Waals surface area (Å²) in [4.78, 5) is 24.7. The summed E-state index contributed by atoms with van der Waals surface area (Å²) in [5.41, 5.74) is 3.45. The predicted octanol–water partition coefficient (Wildman–Crippen LogP) is 4.45. The first kappa shape index (κ1) is 28.1. The molecular formula is C30H36ClFN6O2. The molecule has 8 nitrogen and oxygen atoms in total. The molecule has 2 aliphatic heterocycles. The number of phenols is 1. The zero-order valence-corrected chi connectivity index (χ0v) is 23.8. The van der Waals surface area contributed by atoms with E-state index in [2.05, 4.69) is 15.1 Å². The number of pyridine rings is 1. The maximum Gasteiger partial charge on any atom is 0.214 e. The summed E-state index contributed by atoms with van der Waals surface area (Å²) < 4.78 is 15.0. The fourth-order valence-electron chi connectivity index (χ4n) is 5.39. The second-order valence-corrected chi connectivity index (χ2v) is 11.0. The molecule has 2 aliphatic rings. The fraction of sp³-hybridized carbons (Fsp3) is 0.400. The van der Waals surface area contributed by atoms with Crippen molar-refractivity contribution in [1.82, 2.24) is 15.2 Å². The van der Waals surface area contributed by atoms with Crippen LogP contribution in [-0.2, 0) is 4.79 Å². The molecule has 2 fully saturated rings. The van der Waals surface area contributed by atoms with Crippen molar-refractivity contribution in [3.63, 3.8) is 0 Å². The van der Waals surface area contributed by atoms with Crippen LogP contribution >= 0.6 is 11.6 Å². The number of carbonyl (C=O) groups is 1. The number of rotatable bonds is 9. The van der Waals surface area contributed by atoms with Gasteiger partial charge in [-0.2, -0.15) is 0 Å². The number of nitrogens with zero attached hydrogens (tertiary/aromatic N) is 5. The summed E-state index contributed by atoms with van der Waals surface area (Å²) in [6.45, 7) is 6.54. The van der Waals surface area contributed by atoms with Gasteiger partial charge in [0.25, 0.3) is 0 Å². The number of hydrogen-bond acceptors (Lipinski definition) is 7. The van der Waals surface area contributed by atoms with Crippen LogP contribution in [0.5, 0.6) is 5.75 Å². The summed E-state index contributed by atoms with van der Waals surface area (Å²) in [5.74, 6) is 0.415. The Labute approximate surface area is 240 Å². The van der Waals surface area contributed by atoms with Crippen LogP contribution < -0.4 is 20.0 Å². The van der Waals surface area contributed by atoms with Crippen molar-refractivity contribution in [2.75, 3.05) is 81.2 Å². The van der Waals surface area contributed by atoms with E-state index >= 15 is 4.39 Å². The highest BCUT2D eigenvalue weighted by Gasteiger charge is 2.24. The van der Waals surface area contributed by atoms with Gasteiger partial charge in [0, 0.05) is 75.2 Å². The Hall–Kier alpha value is -3.40. The number of nitrogens with one attached hydrogen (secondary N) is 1. The van der Waals surface area contributed by atoms with Crippen LogP contribution in [0, 0.1) is 5.82 Å². The number of aromatic nitrogens is 1. The number of phenolic OH excluding ortho intramolecular Hbond substituents is 1. The van der Waals surface area contributed by atoms with Crippen LogP contribution in [0.4, 0.5) is 21.6 Å². The maximum absolute atomic E-state index is 15.0. The van der Waals surface area contributed by atoms with E-state index in [-0.39, 0.29) is 5.75 Å². The van der Waals surface area contributed by atoms with Crippen LogP contribution in [0.25, 0.3) is 22.3 Å². The Morgan fingerprint density at radius 3 is 2.35 bits per heavy atom. The first-order chi connectivity index (χ1) is 19.4. The van der Waals surface area contributed by atoms with E-state index in [4.69, 9.17) is 16.6 Å². The average molecular weight is 567 g/mol. The quantitative estimate of drug-likeness (QED) is 0.371. The molecule has 0 radical (unpaired) electrons. The lowest BCUT2D eigenvalue weighted by molar-refractivity contribution is -0.107. The normalized spacial score (nSPS) is 15.6. The van der Waals surface area contributed by atoms with Crippen LogP contribution in [0.3, 0.4) is 0 Å². The minimum absolute atomic E-state index is 0.0490. The summed E-state index contributed by atoms with van der Waals surface area (Å²) in [5, 5.41) is 15.2. The molecule has 40 heavy (non-hydrogen) atoms. The predicted molar refractivity (Wildman–Crippen MR) is 160 cm³/mol. The number of halogens is 2. The fourth-order valence-corrected chi connectivity index (χ4v) is 5.68. The number of benzene rings is 2. The van der Waals surface area contributed by atoms with Gasteiger partial charge in [0.1, 0.15) is 11.6 Å². The second-order valence-electron chi connectivity index (χ2n) is 10.6. The number of amides is 1. The molecule has 0 bridgehead atoms. The number of carbonyl (C=O) groups excluding carboxylic acids is 1. The molecule has 0 saturated carbocycles. The van der Waals surface area contributed by atoms with Gasteiger partial charge in [-0.3, -0.25) is 4.79 Å². The molecule has 10 heteroatoms. The Balaban J connectivity index is 1.52. The number of hydrogen-bond donors (Lipinski definition) is 2. The van der Waals surface area contributed by atoms with Gasteiger partial charge in [0.05, 0.1) is 16.4 Å². The van der Waals surface area contributed by atoms with Gasteiger partial charge in [-0.05, 0) is 62.8 Å². The van der Waals surface area contributed by atoms with E-state index in [0.717, 1.165) is 70.0 Å². The van der Waals surface area contributed by atoms with Crippen molar-refractivity contribution in [2.45, 2.75) is 12.8 Å². The van der Waals surface area contributed by atoms with Crippen molar-refractivity contribution in [3.05, 3.63) is 53.4 Å². The van der Waals surface area contributed by atoms with Gasteiger partial charge >= 0.3 is 0 Å². The molecular weight excluding hydrogens is 531 g/mol. The van der Waals surface area contributed by atoms with Crippen molar-refractivity contribution in [3.8, 4) is 28.0 Å². The topological polar surface area (TPSA) is 75.2 Å². The summed E-state index contributed by atoms with van der Waals surface area (Å²) >= 11 is 6.59. The molecule has 3 heterocycles.